The second-order valence-electron chi connectivity index (χ2n) is 7.23. The van der Waals surface area contributed by atoms with Crippen molar-refractivity contribution in [3.8, 4) is 0 Å². The summed E-state index contributed by atoms with van der Waals surface area (Å²) in [6.07, 6.45) is 2.08. The molecule has 0 spiro atoms. The van der Waals surface area contributed by atoms with E-state index in [-0.39, 0.29) is 29.2 Å². The van der Waals surface area contributed by atoms with Crippen LogP contribution in [0.5, 0.6) is 0 Å². The molecule has 2 unspecified atom stereocenters. The fraction of sp³-hybridized carbons (Fsp3) is 0.632. The predicted octanol–water partition coefficient (Wildman–Crippen LogP) is 1.66. The van der Waals surface area contributed by atoms with Crippen LogP contribution in [0.25, 0.3) is 0 Å². The van der Waals surface area contributed by atoms with Crippen molar-refractivity contribution in [3.05, 3.63) is 33.7 Å². The van der Waals surface area contributed by atoms with E-state index in [0.29, 0.717) is 18.7 Å². The molecule has 1 fully saturated rings. The van der Waals surface area contributed by atoms with E-state index < -0.39 is 0 Å². The smallest absolute Gasteiger partial charge is 0.251 e. The van der Waals surface area contributed by atoms with E-state index in [0.717, 1.165) is 30.0 Å². The molecule has 6 nitrogen and oxygen atoms in total. The van der Waals surface area contributed by atoms with E-state index in [9.17, 15) is 14.4 Å². The number of nitrogens with zero attached hydrogens (tertiary/aromatic N) is 2. The zero-order chi connectivity index (χ0) is 19.3. The molecule has 7 heteroatoms. The van der Waals surface area contributed by atoms with Gasteiger partial charge in [0.2, 0.25) is 5.91 Å². The van der Waals surface area contributed by atoms with Crippen molar-refractivity contribution in [2.24, 2.45) is 18.9 Å². The number of hydrogen-bond acceptors (Lipinski definition) is 4. The molecule has 0 aliphatic carbocycles. The van der Waals surface area contributed by atoms with Gasteiger partial charge in [-0.25, -0.2) is 0 Å². The van der Waals surface area contributed by atoms with E-state index in [2.05, 4.69) is 5.32 Å². The van der Waals surface area contributed by atoms with Gasteiger partial charge in [-0.3, -0.25) is 14.4 Å². The molecular formula is C19H29N3O3S. The molecule has 1 aromatic heterocycles. The van der Waals surface area contributed by atoms with Gasteiger partial charge in [0.05, 0.1) is 0 Å². The van der Waals surface area contributed by atoms with Crippen LogP contribution >= 0.6 is 11.8 Å². The van der Waals surface area contributed by atoms with Gasteiger partial charge >= 0.3 is 0 Å². The lowest BCUT2D eigenvalue weighted by atomic mass is 10.0. The number of aryl methyl sites for hydroxylation is 1. The van der Waals surface area contributed by atoms with Gasteiger partial charge in [0.1, 0.15) is 0 Å². The van der Waals surface area contributed by atoms with Crippen molar-refractivity contribution in [2.75, 3.05) is 31.6 Å². The van der Waals surface area contributed by atoms with E-state index in [1.807, 2.05) is 25.7 Å². The number of carbonyl (C=O) groups excluding carboxylic acids is 2. The zero-order valence-corrected chi connectivity index (χ0v) is 16.9. The molecule has 2 amide bonds. The molecule has 0 saturated carbocycles. The van der Waals surface area contributed by atoms with E-state index in [1.54, 1.807) is 24.9 Å². The quantitative estimate of drug-likeness (QED) is 0.816. The van der Waals surface area contributed by atoms with Gasteiger partial charge in [-0.05, 0) is 37.5 Å². The Morgan fingerprint density at radius 3 is 2.77 bits per heavy atom. The van der Waals surface area contributed by atoms with Gasteiger partial charge in [0.25, 0.3) is 11.5 Å². The lowest BCUT2D eigenvalue weighted by Crippen LogP contribution is -2.40. The Morgan fingerprint density at radius 2 is 2.15 bits per heavy atom. The highest BCUT2D eigenvalue weighted by Crippen LogP contribution is 2.24. The standard InChI is InChI=1S/C19H29N3O3S/c1-13(11-21(3)19(25)15-6-5-7-26-12-15)10-20-18(24)16-8-14(2)22(4)17(23)9-16/h8-9,13,15H,5-7,10-12H2,1-4H3,(H,20,24). The first kappa shape index (κ1) is 20.6. The average molecular weight is 380 g/mol. The van der Waals surface area contributed by atoms with Crippen LogP contribution in [-0.4, -0.2) is 52.9 Å². The number of nitrogens with one attached hydrogen (secondary N) is 1. The predicted molar refractivity (Wildman–Crippen MR) is 106 cm³/mol. The molecule has 2 heterocycles. The summed E-state index contributed by atoms with van der Waals surface area (Å²) in [5.41, 5.74) is 0.923. The molecule has 26 heavy (non-hydrogen) atoms. The van der Waals surface area contributed by atoms with Crippen molar-refractivity contribution >= 4 is 23.6 Å². The summed E-state index contributed by atoms with van der Waals surface area (Å²) < 4.78 is 1.50. The summed E-state index contributed by atoms with van der Waals surface area (Å²) in [6.45, 7) is 4.87. The summed E-state index contributed by atoms with van der Waals surface area (Å²) >= 11 is 1.85. The molecule has 1 aliphatic rings. The van der Waals surface area contributed by atoms with Crippen LogP contribution in [-0.2, 0) is 11.8 Å². The fourth-order valence-electron chi connectivity index (χ4n) is 3.14. The highest BCUT2D eigenvalue weighted by Gasteiger charge is 2.25. The van der Waals surface area contributed by atoms with E-state index >= 15 is 0 Å². The molecule has 0 aromatic carbocycles. The van der Waals surface area contributed by atoms with E-state index in [4.69, 9.17) is 0 Å². The maximum Gasteiger partial charge on any atom is 0.251 e. The highest BCUT2D eigenvalue weighted by molar-refractivity contribution is 7.99. The number of rotatable bonds is 6. The minimum absolute atomic E-state index is 0.129. The Kier molecular flexibility index (Phi) is 7.32. The lowest BCUT2D eigenvalue weighted by Gasteiger charge is -2.28. The van der Waals surface area contributed by atoms with Crippen molar-refractivity contribution in [1.29, 1.82) is 0 Å². The molecule has 1 aliphatic heterocycles. The molecular weight excluding hydrogens is 350 g/mol. The number of carbonyl (C=O) groups is 2. The molecule has 2 rings (SSSR count). The average Bonchev–Trinajstić information content (AvgIpc) is 2.63. The third-order valence-electron chi connectivity index (χ3n) is 4.85. The maximum atomic E-state index is 12.5. The van der Waals surface area contributed by atoms with Gasteiger partial charge in [0.15, 0.2) is 0 Å². The van der Waals surface area contributed by atoms with Crippen LogP contribution in [0.1, 0.15) is 35.8 Å². The van der Waals surface area contributed by atoms with Crippen molar-refractivity contribution < 1.29 is 9.59 Å². The second kappa shape index (κ2) is 9.26. The number of hydrogen-bond donors (Lipinski definition) is 1. The van der Waals surface area contributed by atoms with Crippen molar-refractivity contribution in [3.63, 3.8) is 0 Å². The van der Waals surface area contributed by atoms with Gasteiger partial charge in [-0.15, -0.1) is 0 Å². The van der Waals surface area contributed by atoms with E-state index in [1.165, 1.54) is 10.6 Å². The summed E-state index contributed by atoms with van der Waals surface area (Å²) in [5.74, 6) is 2.28. The van der Waals surface area contributed by atoms with Crippen LogP contribution in [0, 0.1) is 18.8 Å². The monoisotopic (exact) mass is 379 g/mol. The van der Waals surface area contributed by atoms with Crippen LogP contribution in [0.2, 0.25) is 0 Å². The lowest BCUT2D eigenvalue weighted by molar-refractivity contribution is -0.134. The topological polar surface area (TPSA) is 71.4 Å². The third-order valence-corrected chi connectivity index (χ3v) is 6.06. The van der Waals surface area contributed by atoms with Crippen LogP contribution < -0.4 is 10.9 Å². The highest BCUT2D eigenvalue weighted by atomic mass is 32.2. The fourth-order valence-corrected chi connectivity index (χ4v) is 4.27. The maximum absolute atomic E-state index is 12.5. The Bertz CT molecular complexity index is 710. The number of amides is 2. The Hall–Kier alpha value is -1.76. The first-order valence-corrected chi connectivity index (χ1v) is 10.2. The SMILES string of the molecule is Cc1cc(C(=O)NCC(C)CN(C)C(=O)C2CCCSC2)cc(=O)n1C. The minimum Gasteiger partial charge on any atom is -0.352 e. The normalized spacial score (nSPS) is 18.2. The number of pyridine rings is 1. The molecule has 144 valence electrons. The van der Waals surface area contributed by atoms with Gasteiger partial charge in [-0.1, -0.05) is 6.92 Å². The van der Waals surface area contributed by atoms with Crippen molar-refractivity contribution in [1.82, 2.24) is 14.8 Å². The van der Waals surface area contributed by atoms with Gasteiger partial charge < -0.3 is 14.8 Å². The second-order valence-corrected chi connectivity index (χ2v) is 8.38. The first-order chi connectivity index (χ1) is 12.3. The molecule has 0 radical (unpaired) electrons. The molecule has 1 N–H and O–H groups in total. The molecule has 2 atom stereocenters. The largest absolute Gasteiger partial charge is 0.352 e. The summed E-state index contributed by atoms with van der Waals surface area (Å²) in [5, 5.41) is 2.87. The first-order valence-electron chi connectivity index (χ1n) is 9.08. The number of aromatic nitrogens is 1. The molecule has 1 saturated heterocycles. The van der Waals surface area contributed by atoms with Crippen LogP contribution in [0.15, 0.2) is 16.9 Å². The summed E-state index contributed by atoms with van der Waals surface area (Å²) in [6, 6.07) is 3.06. The Labute approximate surface area is 159 Å². The van der Waals surface area contributed by atoms with Crippen LogP contribution in [0.4, 0.5) is 0 Å². The number of thioether (sulfide) groups is 1. The molecule has 0 bridgehead atoms. The summed E-state index contributed by atoms with van der Waals surface area (Å²) in [7, 11) is 3.52. The van der Waals surface area contributed by atoms with Crippen molar-refractivity contribution in [2.45, 2.75) is 26.7 Å². The van der Waals surface area contributed by atoms with Crippen LogP contribution in [0.3, 0.4) is 0 Å². The third kappa shape index (κ3) is 5.37. The minimum atomic E-state index is -0.254. The molecule has 1 aromatic rings. The zero-order valence-electron chi connectivity index (χ0n) is 16.1. The van der Waals surface area contributed by atoms with Gasteiger partial charge in [-0.2, -0.15) is 11.8 Å². The Morgan fingerprint density at radius 1 is 1.42 bits per heavy atom. The summed E-state index contributed by atoms with van der Waals surface area (Å²) in [4.78, 5) is 38.4. The van der Waals surface area contributed by atoms with Gasteiger partial charge in [0, 0.05) is 56.2 Å². The Balaban J connectivity index is 1.84.